The molecule has 0 fully saturated rings. The highest BCUT2D eigenvalue weighted by Crippen LogP contribution is 2.24. The maximum absolute atomic E-state index is 9.11. The van der Waals surface area contributed by atoms with E-state index in [-0.39, 0.29) is 10.6 Å². The SMILES string of the molecule is N#CCCn1cc(C=C(C#N)C(N)=S)c(-c2ccccc2)n1. The number of nitrogens with zero attached hydrogens (tertiary/aromatic N) is 4. The van der Waals surface area contributed by atoms with Crippen LogP contribution in [0.3, 0.4) is 0 Å². The van der Waals surface area contributed by atoms with Crippen molar-refractivity contribution >= 4 is 23.3 Å². The van der Waals surface area contributed by atoms with Crippen LogP contribution in [-0.4, -0.2) is 14.8 Å². The van der Waals surface area contributed by atoms with Gasteiger partial charge in [0, 0.05) is 17.3 Å². The van der Waals surface area contributed by atoms with Crippen molar-refractivity contribution in [3.8, 4) is 23.4 Å². The summed E-state index contributed by atoms with van der Waals surface area (Å²) in [6.07, 6.45) is 3.77. The number of nitriles is 2. The fourth-order valence-electron chi connectivity index (χ4n) is 1.96. The summed E-state index contributed by atoms with van der Waals surface area (Å²) < 4.78 is 1.69. The number of rotatable bonds is 5. The van der Waals surface area contributed by atoms with E-state index in [0.717, 1.165) is 16.8 Å². The average Bonchev–Trinajstić information content (AvgIpc) is 2.94. The lowest BCUT2D eigenvalue weighted by Crippen LogP contribution is -2.09. The van der Waals surface area contributed by atoms with Gasteiger partial charge < -0.3 is 5.73 Å². The molecule has 0 amide bonds. The van der Waals surface area contributed by atoms with Crippen molar-refractivity contribution < 1.29 is 0 Å². The topological polar surface area (TPSA) is 91.4 Å². The van der Waals surface area contributed by atoms with Gasteiger partial charge in [-0.25, -0.2) is 0 Å². The molecule has 22 heavy (non-hydrogen) atoms. The summed E-state index contributed by atoms with van der Waals surface area (Å²) in [5.41, 5.74) is 8.16. The van der Waals surface area contributed by atoms with Gasteiger partial charge in [0.2, 0.25) is 0 Å². The van der Waals surface area contributed by atoms with Crippen LogP contribution in [0.2, 0.25) is 0 Å². The first-order valence-electron chi connectivity index (χ1n) is 6.57. The zero-order valence-electron chi connectivity index (χ0n) is 11.7. The van der Waals surface area contributed by atoms with E-state index >= 15 is 0 Å². The van der Waals surface area contributed by atoms with Crippen LogP contribution >= 0.6 is 12.2 Å². The zero-order chi connectivity index (χ0) is 15.9. The summed E-state index contributed by atoms with van der Waals surface area (Å²) in [6, 6.07) is 13.7. The van der Waals surface area contributed by atoms with Gasteiger partial charge in [0.25, 0.3) is 0 Å². The van der Waals surface area contributed by atoms with E-state index in [9.17, 15) is 0 Å². The number of hydrogen-bond donors (Lipinski definition) is 1. The third-order valence-electron chi connectivity index (χ3n) is 2.98. The number of thiocarbonyl (C=S) groups is 1. The molecule has 0 aliphatic carbocycles. The normalized spacial score (nSPS) is 10.7. The number of benzene rings is 1. The van der Waals surface area contributed by atoms with Crippen LogP contribution in [0.25, 0.3) is 17.3 Å². The van der Waals surface area contributed by atoms with E-state index in [4.69, 9.17) is 28.5 Å². The fraction of sp³-hybridized carbons (Fsp3) is 0.125. The van der Waals surface area contributed by atoms with Crippen LogP contribution in [0.15, 0.2) is 42.1 Å². The van der Waals surface area contributed by atoms with Crippen LogP contribution in [-0.2, 0) is 6.54 Å². The van der Waals surface area contributed by atoms with Gasteiger partial charge in [0.1, 0.15) is 11.1 Å². The summed E-state index contributed by atoms with van der Waals surface area (Å²) >= 11 is 4.87. The summed E-state index contributed by atoms with van der Waals surface area (Å²) in [7, 11) is 0. The zero-order valence-corrected chi connectivity index (χ0v) is 12.5. The van der Waals surface area contributed by atoms with Crippen molar-refractivity contribution in [2.24, 2.45) is 5.73 Å². The second-order valence-corrected chi connectivity index (χ2v) is 4.94. The Hall–Kier alpha value is -2.96. The van der Waals surface area contributed by atoms with E-state index in [0.29, 0.717) is 13.0 Å². The Kier molecular flexibility index (Phi) is 5.02. The summed E-state index contributed by atoms with van der Waals surface area (Å²) in [4.78, 5) is 0.0475. The molecule has 0 aliphatic heterocycles. The number of aryl methyl sites for hydroxylation is 1. The highest BCUT2D eigenvalue weighted by Gasteiger charge is 2.11. The van der Waals surface area contributed by atoms with E-state index < -0.39 is 0 Å². The lowest BCUT2D eigenvalue weighted by molar-refractivity contribution is 0.629. The molecule has 0 radical (unpaired) electrons. The van der Waals surface area contributed by atoms with E-state index in [1.54, 1.807) is 17.0 Å². The first-order chi connectivity index (χ1) is 10.7. The minimum absolute atomic E-state index is 0.0475. The van der Waals surface area contributed by atoms with E-state index in [1.807, 2.05) is 36.4 Å². The van der Waals surface area contributed by atoms with E-state index in [1.165, 1.54) is 0 Å². The summed E-state index contributed by atoms with van der Waals surface area (Å²) in [6.45, 7) is 0.485. The summed E-state index contributed by atoms with van der Waals surface area (Å²) in [5.74, 6) is 0. The molecular formula is C16H13N5S. The largest absolute Gasteiger partial charge is 0.389 e. The van der Waals surface area contributed by atoms with Crippen LogP contribution in [0.5, 0.6) is 0 Å². The Balaban J connectivity index is 2.52. The predicted molar refractivity (Wildman–Crippen MR) is 88.3 cm³/mol. The first-order valence-corrected chi connectivity index (χ1v) is 6.98. The third-order valence-corrected chi connectivity index (χ3v) is 3.20. The lowest BCUT2D eigenvalue weighted by Gasteiger charge is -1.99. The second kappa shape index (κ2) is 7.16. The van der Waals surface area contributed by atoms with Gasteiger partial charge in [0.05, 0.1) is 30.3 Å². The van der Waals surface area contributed by atoms with Gasteiger partial charge in [-0.05, 0) is 6.08 Å². The Labute approximate surface area is 133 Å². The molecule has 0 atom stereocenters. The molecule has 0 saturated heterocycles. The van der Waals surface area contributed by atoms with Gasteiger partial charge in [-0.3, -0.25) is 4.68 Å². The molecule has 0 bridgehead atoms. The molecule has 0 spiro atoms. The molecule has 0 saturated carbocycles. The van der Waals surface area contributed by atoms with Crippen molar-refractivity contribution in [1.82, 2.24) is 9.78 Å². The molecule has 6 heteroatoms. The van der Waals surface area contributed by atoms with E-state index in [2.05, 4.69) is 11.2 Å². The van der Waals surface area contributed by atoms with Crippen molar-refractivity contribution in [3.63, 3.8) is 0 Å². The van der Waals surface area contributed by atoms with Crippen molar-refractivity contribution in [3.05, 3.63) is 47.7 Å². The molecule has 1 aromatic carbocycles. The van der Waals surface area contributed by atoms with Crippen molar-refractivity contribution in [1.29, 1.82) is 10.5 Å². The minimum Gasteiger partial charge on any atom is -0.389 e. The predicted octanol–water partition coefficient (Wildman–Crippen LogP) is 2.66. The smallest absolute Gasteiger partial charge is 0.114 e. The van der Waals surface area contributed by atoms with Crippen LogP contribution in [0.4, 0.5) is 0 Å². The molecule has 0 unspecified atom stereocenters. The quantitative estimate of drug-likeness (QED) is 0.521. The van der Waals surface area contributed by atoms with Gasteiger partial charge >= 0.3 is 0 Å². The molecule has 5 nitrogen and oxygen atoms in total. The Morgan fingerprint density at radius 3 is 2.64 bits per heavy atom. The Morgan fingerprint density at radius 2 is 2.05 bits per heavy atom. The van der Waals surface area contributed by atoms with Crippen LogP contribution in [0.1, 0.15) is 12.0 Å². The highest BCUT2D eigenvalue weighted by molar-refractivity contribution is 7.80. The fourth-order valence-corrected chi connectivity index (χ4v) is 2.06. The number of nitrogens with two attached hydrogens (primary N) is 1. The van der Waals surface area contributed by atoms with Gasteiger partial charge in [-0.1, -0.05) is 42.5 Å². The van der Waals surface area contributed by atoms with Gasteiger partial charge in [-0.2, -0.15) is 15.6 Å². The standard InChI is InChI=1S/C16H13N5S/c17-7-4-8-21-11-14(9-13(10-18)16(19)22)15(20-21)12-5-2-1-3-6-12/h1-3,5-6,9,11H,4,8H2,(H2,19,22). The molecule has 2 rings (SSSR count). The summed E-state index contributed by atoms with van der Waals surface area (Å²) in [5, 5.41) is 22.3. The maximum atomic E-state index is 9.11. The molecule has 1 aromatic heterocycles. The number of hydrogen-bond acceptors (Lipinski definition) is 4. The van der Waals surface area contributed by atoms with Gasteiger partial charge in [0.15, 0.2) is 0 Å². The van der Waals surface area contributed by atoms with Crippen molar-refractivity contribution in [2.75, 3.05) is 0 Å². The third kappa shape index (κ3) is 3.57. The maximum Gasteiger partial charge on any atom is 0.114 e. The van der Waals surface area contributed by atoms with Crippen molar-refractivity contribution in [2.45, 2.75) is 13.0 Å². The first kappa shape index (κ1) is 15.4. The number of aromatic nitrogens is 2. The molecule has 1 heterocycles. The Morgan fingerprint density at radius 1 is 1.32 bits per heavy atom. The molecular weight excluding hydrogens is 294 g/mol. The monoisotopic (exact) mass is 307 g/mol. The lowest BCUT2D eigenvalue weighted by atomic mass is 10.1. The molecule has 2 N–H and O–H groups in total. The van der Waals surface area contributed by atoms with Crippen LogP contribution in [0, 0.1) is 22.7 Å². The minimum atomic E-state index is 0.0475. The molecule has 0 aliphatic rings. The van der Waals surface area contributed by atoms with Crippen LogP contribution < -0.4 is 5.73 Å². The Bertz CT molecular complexity index is 790. The van der Waals surface area contributed by atoms with Gasteiger partial charge in [-0.15, -0.1) is 0 Å². The average molecular weight is 307 g/mol. The molecule has 108 valence electrons. The molecule has 2 aromatic rings. The highest BCUT2D eigenvalue weighted by atomic mass is 32.1. The second-order valence-electron chi connectivity index (χ2n) is 4.50.